The SMILES string of the molecule is NC(=O)CNC(=O)[C@H]1CCCN(S(=O)(=O)c2ccc(F)cc2)C1. The van der Waals surface area contributed by atoms with Crippen LogP contribution in [0.1, 0.15) is 12.8 Å². The lowest BCUT2D eigenvalue weighted by atomic mass is 9.99. The molecule has 1 aliphatic heterocycles. The Hall–Kier alpha value is -2.00. The smallest absolute Gasteiger partial charge is 0.243 e. The number of nitrogens with two attached hydrogens (primary N) is 1. The Labute approximate surface area is 133 Å². The second kappa shape index (κ2) is 7.05. The van der Waals surface area contributed by atoms with E-state index >= 15 is 0 Å². The number of sulfonamides is 1. The van der Waals surface area contributed by atoms with Crippen molar-refractivity contribution in [1.29, 1.82) is 0 Å². The van der Waals surface area contributed by atoms with Crippen molar-refractivity contribution >= 4 is 21.8 Å². The number of piperidine rings is 1. The molecule has 0 spiro atoms. The molecule has 1 atom stereocenters. The minimum absolute atomic E-state index is 0.0166. The molecule has 1 aromatic carbocycles. The number of carbonyl (C=O) groups is 2. The van der Waals surface area contributed by atoms with Crippen LogP contribution in [0.25, 0.3) is 0 Å². The van der Waals surface area contributed by atoms with Crippen LogP contribution in [0.3, 0.4) is 0 Å². The third-order valence-electron chi connectivity index (χ3n) is 3.64. The Bertz CT molecular complexity index is 690. The highest BCUT2D eigenvalue weighted by atomic mass is 32.2. The van der Waals surface area contributed by atoms with Gasteiger partial charge in [-0.05, 0) is 37.1 Å². The van der Waals surface area contributed by atoms with E-state index in [1.807, 2.05) is 0 Å². The molecular formula is C14H18FN3O4S. The molecule has 1 saturated heterocycles. The summed E-state index contributed by atoms with van der Waals surface area (Å²) in [6.45, 7) is 0.0314. The van der Waals surface area contributed by atoms with Crippen molar-refractivity contribution < 1.29 is 22.4 Å². The topological polar surface area (TPSA) is 110 Å². The minimum atomic E-state index is -3.78. The first-order valence-electron chi connectivity index (χ1n) is 7.12. The highest BCUT2D eigenvalue weighted by molar-refractivity contribution is 7.89. The Morgan fingerprint density at radius 2 is 1.96 bits per heavy atom. The number of amides is 2. The predicted octanol–water partition coefficient (Wildman–Crippen LogP) is -0.172. The zero-order chi connectivity index (χ0) is 17.0. The molecule has 23 heavy (non-hydrogen) atoms. The number of carbonyl (C=O) groups excluding carboxylic acids is 2. The first-order valence-corrected chi connectivity index (χ1v) is 8.56. The van der Waals surface area contributed by atoms with Crippen molar-refractivity contribution in [2.45, 2.75) is 17.7 Å². The van der Waals surface area contributed by atoms with Gasteiger partial charge in [-0.15, -0.1) is 0 Å². The van der Waals surface area contributed by atoms with Crippen LogP contribution in [-0.4, -0.2) is 44.2 Å². The van der Waals surface area contributed by atoms with Gasteiger partial charge in [0.1, 0.15) is 5.82 Å². The molecule has 7 nitrogen and oxygen atoms in total. The van der Waals surface area contributed by atoms with E-state index < -0.39 is 33.6 Å². The molecular weight excluding hydrogens is 325 g/mol. The summed E-state index contributed by atoms with van der Waals surface area (Å²) in [6.07, 6.45) is 1.05. The van der Waals surface area contributed by atoms with Crippen LogP contribution < -0.4 is 11.1 Å². The van der Waals surface area contributed by atoms with E-state index in [2.05, 4.69) is 5.32 Å². The highest BCUT2D eigenvalue weighted by Gasteiger charge is 2.33. The van der Waals surface area contributed by atoms with Gasteiger partial charge in [0, 0.05) is 13.1 Å². The summed E-state index contributed by atoms with van der Waals surface area (Å²) in [6, 6.07) is 4.55. The largest absolute Gasteiger partial charge is 0.368 e. The maximum Gasteiger partial charge on any atom is 0.243 e. The fourth-order valence-corrected chi connectivity index (χ4v) is 3.97. The number of rotatable bonds is 5. The van der Waals surface area contributed by atoms with E-state index in [9.17, 15) is 22.4 Å². The molecule has 1 aromatic rings. The fraction of sp³-hybridized carbons (Fsp3) is 0.429. The van der Waals surface area contributed by atoms with Crippen molar-refractivity contribution in [3.05, 3.63) is 30.1 Å². The molecule has 0 saturated carbocycles. The van der Waals surface area contributed by atoms with Crippen LogP contribution in [0, 0.1) is 11.7 Å². The van der Waals surface area contributed by atoms with Gasteiger partial charge >= 0.3 is 0 Å². The zero-order valence-electron chi connectivity index (χ0n) is 12.4. The first-order chi connectivity index (χ1) is 10.8. The van der Waals surface area contributed by atoms with Gasteiger partial charge in [-0.2, -0.15) is 4.31 Å². The van der Waals surface area contributed by atoms with Gasteiger partial charge in [0.15, 0.2) is 0 Å². The third-order valence-corrected chi connectivity index (χ3v) is 5.52. The predicted molar refractivity (Wildman–Crippen MR) is 80.1 cm³/mol. The van der Waals surface area contributed by atoms with Crippen LogP contribution in [0.5, 0.6) is 0 Å². The summed E-state index contributed by atoms with van der Waals surface area (Å²) in [5, 5.41) is 2.39. The molecule has 2 amide bonds. The maximum atomic E-state index is 12.9. The summed E-state index contributed by atoms with van der Waals surface area (Å²) in [5.74, 6) is -2.13. The Morgan fingerprint density at radius 1 is 1.30 bits per heavy atom. The van der Waals surface area contributed by atoms with Crippen LogP contribution in [-0.2, 0) is 19.6 Å². The monoisotopic (exact) mass is 343 g/mol. The van der Waals surface area contributed by atoms with E-state index in [-0.39, 0.29) is 18.0 Å². The van der Waals surface area contributed by atoms with E-state index in [0.29, 0.717) is 19.4 Å². The second-order valence-corrected chi connectivity index (χ2v) is 7.28. The Morgan fingerprint density at radius 3 is 2.57 bits per heavy atom. The average Bonchev–Trinajstić information content (AvgIpc) is 2.53. The molecule has 1 heterocycles. The Balaban J connectivity index is 2.09. The van der Waals surface area contributed by atoms with Gasteiger partial charge in [0.05, 0.1) is 17.4 Å². The lowest BCUT2D eigenvalue weighted by molar-refractivity contribution is -0.128. The van der Waals surface area contributed by atoms with Crippen molar-refractivity contribution in [2.24, 2.45) is 11.7 Å². The summed E-state index contributed by atoms with van der Waals surface area (Å²) < 4.78 is 39.2. The van der Waals surface area contributed by atoms with Crippen molar-refractivity contribution in [3.63, 3.8) is 0 Å². The molecule has 0 aromatic heterocycles. The average molecular weight is 343 g/mol. The molecule has 2 rings (SSSR count). The summed E-state index contributed by atoms with van der Waals surface area (Å²) >= 11 is 0. The molecule has 9 heteroatoms. The number of nitrogens with one attached hydrogen (secondary N) is 1. The number of hydrogen-bond donors (Lipinski definition) is 2. The summed E-state index contributed by atoms with van der Waals surface area (Å²) in [4.78, 5) is 22.6. The lowest BCUT2D eigenvalue weighted by Crippen LogP contribution is -2.46. The second-order valence-electron chi connectivity index (χ2n) is 5.34. The maximum absolute atomic E-state index is 12.9. The minimum Gasteiger partial charge on any atom is -0.368 e. The van der Waals surface area contributed by atoms with Gasteiger partial charge in [0.2, 0.25) is 21.8 Å². The molecule has 0 bridgehead atoms. The van der Waals surface area contributed by atoms with Gasteiger partial charge in [0.25, 0.3) is 0 Å². The number of benzene rings is 1. The standard InChI is InChI=1S/C14H18FN3O4S/c15-11-3-5-12(6-4-11)23(21,22)18-7-1-2-10(9-18)14(20)17-8-13(16)19/h3-6,10H,1-2,7-9H2,(H2,16,19)(H,17,20)/t10-/m0/s1. The van der Waals surface area contributed by atoms with Crippen LogP contribution in [0.4, 0.5) is 4.39 Å². The highest BCUT2D eigenvalue weighted by Crippen LogP contribution is 2.24. The van der Waals surface area contributed by atoms with E-state index in [0.717, 1.165) is 12.1 Å². The number of nitrogens with zero attached hydrogens (tertiary/aromatic N) is 1. The molecule has 0 aliphatic carbocycles. The van der Waals surface area contributed by atoms with Gasteiger partial charge in [-0.1, -0.05) is 0 Å². The molecule has 0 unspecified atom stereocenters. The third kappa shape index (κ3) is 4.26. The van der Waals surface area contributed by atoms with Crippen LogP contribution >= 0.6 is 0 Å². The summed E-state index contributed by atoms with van der Waals surface area (Å²) in [5.41, 5.74) is 4.96. The molecule has 1 fully saturated rings. The van der Waals surface area contributed by atoms with E-state index in [4.69, 9.17) is 5.73 Å². The van der Waals surface area contributed by atoms with Gasteiger partial charge < -0.3 is 11.1 Å². The zero-order valence-corrected chi connectivity index (χ0v) is 13.2. The Kier molecular flexibility index (Phi) is 5.32. The molecule has 0 radical (unpaired) electrons. The lowest BCUT2D eigenvalue weighted by Gasteiger charge is -2.31. The van der Waals surface area contributed by atoms with Crippen molar-refractivity contribution in [3.8, 4) is 0 Å². The quantitative estimate of drug-likeness (QED) is 0.773. The molecule has 1 aliphatic rings. The van der Waals surface area contributed by atoms with Gasteiger partial charge in [-0.3, -0.25) is 9.59 Å². The number of hydrogen-bond acceptors (Lipinski definition) is 4. The normalized spacial score (nSPS) is 19.3. The van der Waals surface area contributed by atoms with Crippen LogP contribution in [0.2, 0.25) is 0 Å². The molecule has 3 N–H and O–H groups in total. The fourth-order valence-electron chi connectivity index (χ4n) is 2.45. The van der Waals surface area contributed by atoms with E-state index in [1.54, 1.807) is 0 Å². The first kappa shape index (κ1) is 17.4. The van der Waals surface area contributed by atoms with Crippen molar-refractivity contribution in [1.82, 2.24) is 9.62 Å². The number of halogens is 1. The molecule has 126 valence electrons. The van der Waals surface area contributed by atoms with E-state index in [1.165, 1.54) is 16.4 Å². The van der Waals surface area contributed by atoms with Crippen molar-refractivity contribution in [2.75, 3.05) is 19.6 Å². The number of primary amides is 1. The van der Waals surface area contributed by atoms with Crippen LogP contribution in [0.15, 0.2) is 29.2 Å². The summed E-state index contributed by atoms with van der Waals surface area (Å²) in [7, 11) is -3.78. The van der Waals surface area contributed by atoms with Gasteiger partial charge in [-0.25, -0.2) is 12.8 Å².